The van der Waals surface area contributed by atoms with Gasteiger partial charge in [0.15, 0.2) is 0 Å². The van der Waals surface area contributed by atoms with E-state index in [2.05, 4.69) is 115 Å². The second-order valence-electron chi connectivity index (χ2n) is 9.88. The van der Waals surface area contributed by atoms with Crippen molar-refractivity contribution >= 4 is 43.5 Å². The number of para-hydroxylation sites is 1. The molecule has 8 rings (SSSR count). The normalized spacial score (nSPS) is 11.6. The summed E-state index contributed by atoms with van der Waals surface area (Å²) in [5.41, 5.74) is 8.64. The molecule has 8 aromatic rings. The number of pyridine rings is 1. The van der Waals surface area contributed by atoms with Gasteiger partial charge in [-0.05, 0) is 74.1 Å². The van der Waals surface area contributed by atoms with Crippen molar-refractivity contribution < 1.29 is 4.42 Å². The van der Waals surface area contributed by atoms with Crippen molar-refractivity contribution in [2.75, 3.05) is 0 Å². The summed E-state index contributed by atoms with van der Waals surface area (Å²) in [4.78, 5) is 4.86. The minimum Gasteiger partial charge on any atom is -0.456 e. The number of benzene rings is 6. The van der Waals surface area contributed by atoms with Crippen molar-refractivity contribution in [3.05, 3.63) is 140 Å². The molecule has 0 saturated carbocycles. The lowest BCUT2D eigenvalue weighted by atomic mass is 9.83. The average molecular weight is 498 g/mol. The fourth-order valence-electron chi connectivity index (χ4n) is 6.14. The molecule has 0 saturated heterocycles. The van der Waals surface area contributed by atoms with E-state index in [1.807, 2.05) is 24.4 Å². The SMILES string of the molecule is c1ccc(-c2c3ccccc3c(-c3ccc4oc5ccccc5c4c3-c3ccccn3)c3ccccc23)cc1. The van der Waals surface area contributed by atoms with Gasteiger partial charge >= 0.3 is 0 Å². The number of rotatable bonds is 3. The van der Waals surface area contributed by atoms with Crippen LogP contribution in [0.3, 0.4) is 0 Å². The maximum absolute atomic E-state index is 6.33. The molecule has 2 heteroatoms. The Labute approximate surface area is 225 Å². The molecule has 0 aliphatic heterocycles. The number of hydrogen-bond donors (Lipinski definition) is 0. The van der Waals surface area contributed by atoms with E-state index < -0.39 is 0 Å². The van der Waals surface area contributed by atoms with Crippen LogP contribution in [0.5, 0.6) is 0 Å². The first kappa shape index (κ1) is 21.8. The second-order valence-corrected chi connectivity index (χ2v) is 9.88. The van der Waals surface area contributed by atoms with Gasteiger partial charge in [-0.15, -0.1) is 0 Å². The van der Waals surface area contributed by atoms with E-state index in [1.165, 1.54) is 38.2 Å². The van der Waals surface area contributed by atoms with Crippen LogP contribution >= 0.6 is 0 Å². The molecule has 2 aromatic heterocycles. The van der Waals surface area contributed by atoms with E-state index in [0.717, 1.165) is 38.8 Å². The van der Waals surface area contributed by atoms with Crippen LogP contribution in [0.2, 0.25) is 0 Å². The van der Waals surface area contributed by atoms with Gasteiger partial charge in [-0.3, -0.25) is 4.98 Å². The standard InChI is InChI=1S/C37H23NO/c1-2-12-24(13-3-1)34-25-14-4-6-16-27(25)35(28-17-7-5-15-26(28)34)30-21-22-33-37(29-18-8-9-20-32(29)39-33)36(30)31-19-10-11-23-38-31/h1-23H. The summed E-state index contributed by atoms with van der Waals surface area (Å²) in [6.07, 6.45) is 1.87. The molecule has 0 amide bonds. The van der Waals surface area contributed by atoms with Crippen LogP contribution < -0.4 is 0 Å². The van der Waals surface area contributed by atoms with Crippen LogP contribution in [0.15, 0.2) is 144 Å². The third-order valence-corrected chi connectivity index (χ3v) is 7.73. The van der Waals surface area contributed by atoms with E-state index in [-0.39, 0.29) is 0 Å². The van der Waals surface area contributed by atoms with Gasteiger partial charge in [-0.2, -0.15) is 0 Å². The molecule has 2 heterocycles. The van der Waals surface area contributed by atoms with E-state index in [4.69, 9.17) is 9.40 Å². The first-order chi connectivity index (χ1) is 19.4. The molecule has 0 fully saturated rings. The molecule has 0 spiro atoms. The minimum absolute atomic E-state index is 0.870. The summed E-state index contributed by atoms with van der Waals surface area (Å²) in [5.74, 6) is 0. The van der Waals surface area contributed by atoms with Crippen LogP contribution in [-0.2, 0) is 0 Å². The molecule has 6 aromatic carbocycles. The Balaban J connectivity index is 1.59. The van der Waals surface area contributed by atoms with Gasteiger partial charge in [0.25, 0.3) is 0 Å². The van der Waals surface area contributed by atoms with E-state index in [0.29, 0.717) is 0 Å². The van der Waals surface area contributed by atoms with Gasteiger partial charge in [0.05, 0.1) is 5.69 Å². The summed E-state index contributed by atoms with van der Waals surface area (Å²) in [5, 5.41) is 7.12. The lowest BCUT2D eigenvalue weighted by Gasteiger charge is -2.20. The van der Waals surface area contributed by atoms with Crippen LogP contribution in [-0.4, -0.2) is 4.98 Å². The van der Waals surface area contributed by atoms with Crippen LogP contribution in [0.25, 0.3) is 77.0 Å². The van der Waals surface area contributed by atoms with E-state index in [9.17, 15) is 0 Å². The van der Waals surface area contributed by atoms with Gasteiger partial charge in [0, 0.05) is 22.5 Å². The monoisotopic (exact) mass is 497 g/mol. The highest BCUT2D eigenvalue weighted by atomic mass is 16.3. The Kier molecular flexibility index (Phi) is 4.86. The highest BCUT2D eigenvalue weighted by Gasteiger charge is 2.22. The second kappa shape index (κ2) is 8.68. The maximum Gasteiger partial charge on any atom is 0.136 e. The quantitative estimate of drug-likeness (QED) is 0.227. The molecule has 0 radical (unpaired) electrons. The topological polar surface area (TPSA) is 26.0 Å². The van der Waals surface area contributed by atoms with Crippen LogP contribution in [0.1, 0.15) is 0 Å². The smallest absolute Gasteiger partial charge is 0.136 e. The van der Waals surface area contributed by atoms with Gasteiger partial charge < -0.3 is 4.42 Å². The van der Waals surface area contributed by atoms with Crippen molar-refractivity contribution in [2.45, 2.75) is 0 Å². The Hall–Kier alpha value is -5.21. The van der Waals surface area contributed by atoms with Gasteiger partial charge in [0.1, 0.15) is 11.2 Å². The predicted octanol–water partition coefficient (Wildman–Crippen LogP) is 10.3. The maximum atomic E-state index is 6.33. The molecule has 0 atom stereocenters. The zero-order valence-electron chi connectivity index (χ0n) is 21.1. The lowest BCUT2D eigenvalue weighted by molar-refractivity contribution is 0.669. The van der Waals surface area contributed by atoms with Crippen molar-refractivity contribution in [2.24, 2.45) is 0 Å². The third kappa shape index (κ3) is 3.32. The summed E-state index contributed by atoms with van der Waals surface area (Å²) < 4.78 is 6.33. The molecule has 0 N–H and O–H groups in total. The Morgan fingerprint density at radius 3 is 1.67 bits per heavy atom. The predicted molar refractivity (Wildman–Crippen MR) is 163 cm³/mol. The minimum atomic E-state index is 0.870. The highest BCUT2D eigenvalue weighted by Crippen LogP contribution is 2.48. The lowest BCUT2D eigenvalue weighted by Crippen LogP contribution is -1.94. The number of fused-ring (bicyclic) bond motifs is 5. The number of aromatic nitrogens is 1. The number of nitrogens with zero attached hydrogens (tertiary/aromatic N) is 1. The van der Waals surface area contributed by atoms with Gasteiger partial charge in [0.2, 0.25) is 0 Å². The fourth-order valence-corrected chi connectivity index (χ4v) is 6.14. The van der Waals surface area contributed by atoms with E-state index >= 15 is 0 Å². The zero-order valence-corrected chi connectivity index (χ0v) is 21.1. The Bertz CT molecular complexity index is 2100. The molecular formula is C37H23NO. The Morgan fingerprint density at radius 1 is 0.410 bits per heavy atom. The molecule has 2 nitrogen and oxygen atoms in total. The Morgan fingerprint density at radius 2 is 1.00 bits per heavy atom. The summed E-state index contributed by atoms with van der Waals surface area (Å²) in [6.45, 7) is 0. The highest BCUT2D eigenvalue weighted by molar-refractivity contribution is 6.25. The first-order valence-electron chi connectivity index (χ1n) is 13.2. The zero-order chi connectivity index (χ0) is 25.8. The average Bonchev–Trinajstić information content (AvgIpc) is 3.39. The van der Waals surface area contributed by atoms with Crippen LogP contribution in [0.4, 0.5) is 0 Å². The molecular weight excluding hydrogens is 474 g/mol. The molecule has 182 valence electrons. The molecule has 0 aliphatic rings. The number of furan rings is 1. The van der Waals surface area contributed by atoms with Gasteiger partial charge in [-0.25, -0.2) is 0 Å². The fraction of sp³-hybridized carbons (Fsp3) is 0. The van der Waals surface area contributed by atoms with Crippen LogP contribution in [0, 0.1) is 0 Å². The first-order valence-corrected chi connectivity index (χ1v) is 13.2. The van der Waals surface area contributed by atoms with Crippen molar-refractivity contribution in [3.8, 4) is 33.5 Å². The molecule has 39 heavy (non-hydrogen) atoms. The molecule has 0 aliphatic carbocycles. The van der Waals surface area contributed by atoms with E-state index in [1.54, 1.807) is 0 Å². The number of hydrogen-bond acceptors (Lipinski definition) is 2. The summed E-state index contributed by atoms with van der Waals surface area (Å²) in [7, 11) is 0. The molecule has 0 bridgehead atoms. The summed E-state index contributed by atoms with van der Waals surface area (Å²) >= 11 is 0. The van der Waals surface area contributed by atoms with Gasteiger partial charge in [-0.1, -0.05) is 103 Å². The van der Waals surface area contributed by atoms with Crippen molar-refractivity contribution in [3.63, 3.8) is 0 Å². The third-order valence-electron chi connectivity index (χ3n) is 7.73. The largest absolute Gasteiger partial charge is 0.456 e. The van der Waals surface area contributed by atoms with Crippen molar-refractivity contribution in [1.82, 2.24) is 4.98 Å². The molecule has 0 unspecified atom stereocenters. The summed E-state index contributed by atoms with van der Waals surface area (Å²) in [6, 6.07) is 47.0. The van der Waals surface area contributed by atoms with Crippen molar-refractivity contribution in [1.29, 1.82) is 0 Å².